The third kappa shape index (κ3) is 2.55. The van der Waals surface area contributed by atoms with E-state index in [4.69, 9.17) is 11.6 Å². The minimum absolute atomic E-state index is 0.000437. The quantitative estimate of drug-likeness (QED) is 0.586. The Labute approximate surface area is 107 Å². The second-order valence-corrected chi connectivity index (χ2v) is 4.62. The Bertz CT molecular complexity index is 433. The Morgan fingerprint density at radius 1 is 1.33 bits per heavy atom. The first-order chi connectivity index (χ1) is 8.43. The van der Waals surface area contributed by atoms with Crippen LogP contribution in [0.2, 0.25) is 0 Å². The molecule has 1 unspecified atom stereocenters. The lowest BCUT2D eigenvalue weighted by atomic mass is 10.1. The Balaban J connectivity index is 2.24. The first-order valence-electron chi connectivity index (χ1n) is 5.58. The number of anilines is 1. The summed E-state index contributed by atoms with van der Waals surface area (Å²) in [5.74, 6) is -1.82. The van der Waals surface area contributed by atoms with E-state index in [1.54, 1.807) is 6.07 Å². The van der Waals surface area contributed by atoms with Gasteiger partial charge in [-0.25, -0.2) is 4.39 Å². The Kier molecular flexibility index (Phi) is 3.71. The Morgan fingerprint density at radius 2 is 2.06 bits per heavy atom. The van der Waals surface area contributed by atoms with E-state index < -0.39 is 17.9 Å². The number of para-hydroxylation sites is 1. The van der Waals surface area contributed by atoms with Gasteiger partial charge in [-0.2, -0.15) is 13.2 Å². The van der Waals surface area contributed by atoms with Gasteiger partial charge in [-0.3, -0.25) is 0 Å². The number of alkyl halides is 4. The summed E-state index contributed by atoms with van der Waals surface area (Å²) in [7, 11) is 0. The Hall–Kier alpha value is -0.970. The fraction of sp³-hybridized carbons (Fsp3) is 0.500. The van der Waals surface area contributed by atoms with Crippen LogP contribution in [0.4, 0.5) is 23.2 Å². The van der Waals surface area contributed by atoms with E-state index >= 15 is 0 Å². The zero-order valence-electron chi connectivity index (χ0n) is 9.47. The molecule has 1 aromatic rings. The molecule has 1 aromatic carbocycles. The maximum atomic E-state index is 13.7. The molecule has 1 atom stereocenters. The molecule has 2 rings (SSSR count). The van der Waals surface area contributed by atoms with Gasteiger partial charge in [-0.15, -0.1) is 11.6 Å². The van der Waals surface area contributed by atoms with Crippen LogP contribution in [0.5, 0.6) is 0 Å². The lowest BCUT2D eigenvalue weighted by Gasteiger charge is -2.22. The van der Waals surface area contributed by atoms with E-state index in [0.29, 0.717) is 5.56 Å². The molecule has 0 bridgehead atoms. The van der Waals surface area contributed by atoms with Crippen LogP contribution in [0.15, 0.2) is 18.2 Å². The van der Waals surface area contributed by atoms with Gasteiger partial charge < -0.3 is 4.90 Å². The molecule has 0 saturated carbocycles. The highest BCUT2D eigenvalue weighted by atomic mass is 35.5. The molecular formula is C12H12ClF4N. The van der Waals surface area contributed by atoms with E-state index in [-0.39, 0.29) is 31.1 Å². The van der Waals surface area contributed by atoms with Crippen molar-refractivity contribution in [2.75, 3.05) is 18.0 Å². The fourth-order valence-electron chi connectivity index (χ4n) is 2.25. The first-order valence-corrected chi connectivity index (χ1v) is 6.12. The molecule has 1 aliphatic rings. The van der Waals surface area contributed by atoms with Gasteiger partial charge >= 0.3 is 6.18 Å². The number of nitrogens with zero attached hydrogens (tertiary/aromatic N) is 1. The predicted molar refractivity (Wildman–Crippen MR) is 62.3 cm³/mol. The van der Waals surface area contributed by atoms with Crippen molar-refractivity contribution >= 4 is 17.3 Å². The summed E-state index contributed by atoms with van der Waals surface area (Å²) in [5.41, 5.74) is 0.735. The highest BCUT2D eigenvalue weighted by Gasteiger charge is 2.44. The Morgan fingerprint density at radius 3 is 2.61 bits per heavy atom. The van der Waals surface area contributed by atoms with Crippen LogP contribution in [0.1, 0.15) is 12.0 Å². The van der Waals surface area contributed by atoms with Crippen LogP contribution in [0.25, 0.3) is 0 Å². The van der Waals surface area contributed by atoms with Crippen LogP contribution in [-0.4, -0.2) is 19.3 Å². The van der Waals surface area contributed by atoms with Gasteiger partial charge in [0.1, 0.15) is 5.82 Å². The SMILES string of the molecule is Fc1cccc(CCl)c1N1CCC(C(F)(F)F)C1. The van der Waals surface area contributed by atoms with Gasteiger partial charge in [-0.1, -0.05) is 12.1 Å². The van der Waals surface area contributed by atoms with Gasteiger partial charge in [0.25, 0.3) is 0 Å². The molecule has 0 aromatic heterocycles. The fourth-order valence-corrected chi connectivity index (χ4v) is 2.47. The molecule has 1 aliphatic heterocycles. The molecular weight excluding hydrogens is 270 g/mol. The topological polar surface area (TPSA) is 3.24 Å². The third-order valence-electron chi connectivity index (χ3n) is 3.18. The molecule has 18 heavy (non-hydrogen) atoms. The summed E-state index contributed by atoms with van der Waals surface area (Å²) in [4.78, 5) is 1.44. The van der Waals surface area contributed by atoms with Gasteiger partial charge in [-0.05, 0) is 18.1 Å². The first kappa shape index (κ1) is 13.5. The molecule has 100 valence electrons. The van der Waals surface area contributed by atoms with Crippen LogP contribution in [0, 0.1) is 11.7 Å². The molecule has 0 spiro atoms. The third-order valence-corrected chi connectivity index (χ3v) is 3.47. The minimum atomic E-state index is -4.22. The standard InChI is InChI=1S/C12H12ClF4N/c13-6-8-2-1-3-10(14)11(8)18-5-4-9(7-18)12(15,16)17/h1-3,9H,4-7H2. The highest BCUT2D eigenvalue weighted by molar-refractivity contribution is 6.17. The number of hydrogen-bond acceptors (Lipinski definition) is 1. The van der Waals surface area contributed by atoms with Crippen molar-refractivity contribution < 1.29 is 17.6 Å². The normalized spacial score (nSPS) is 20.5. The van der Waals surface area contributed by atoms with E-state index in [9.17, 15) is 17.6 Å². The van der Waals surface area contributed by atoms with Crippen molar-refractivity contribution in [3.05, 3.63) is 29.6 Å². The van der Waals surface area contributed by atoms with Crippen molar-refractivity contribution in [3.8, 4) is 0 Å². The summed E-state index contributed by atoms with van der Waals surface area (Å²) in [5, 5.41) is 0. The zero-order chi connectivity index (χ0) is 13.3. The molecule has 0 radical (unpaired) electrons. The lowest BCUT2D eigenvalue weighted by molar-refractivity contribution is -0.168. The van der Waals surface area contributed by atoms with Gasteiger partial charge in [0.15, 0.2) is 0 Å². The molecule has 1 saturated heterocycles. The smallest absolute Gasteiger partial charge is 0.368 e. The number of halogens is 5. The van der Waals surface area contributed by atoms with Crippen molar-refractivity contribution in [2.24, 2.45) is 5.92 Å². The van der Waals surface area contributed by atoms with Crippen molar-refractivity contribution in [1.29, 1.82) is 0 Å². The average Bonchev–Trinajstić information content (AvgIpc) is 2.77. The summed E-state index contributed by atoms with van der Waals surface area (Å²) >= 11 is 5.69. The van der Waals surface area contributed by atoms with E-state index in [2.05, 4.69) is 0 Å². The van der Waals surface area contributed by atoms with Gasteiger partial charge in [0, 0.05) is 19.0 Å². The summed E-state index contributed by atoms with van der Waals surface area (Å²) < 4.78 is 51.5. The predicted octanol–water partition coefficient (Wildman–Crippen LogP) is 3.95. The molecule has 1 nitrogen and oxygen atoms in total. The second-order valence-electron chi connectivity index (χ2n) is 4.35. The number of rotatable bonds is 2. The molecule has 0 aliphatic carbocycles. The maximum Gasteiger partial charge on any atom is 0.393 e. The van der Waals surface area contributed by atoms with Crippen LogP contribution >= 0.6 is 11.6 Å². The highest BCUT2D eigenvalue weighted by Crippen LogP contribution is 2.37. The van der Waals surface area contributed by atoms with Gasteiger partial charge in [0.05, 0.1) is 11.6 Å². The maximum absolute atomic E-state index is 13.7. The summed E-state index contributed by atoms with van der Waals surface area (Å²) in [6.07, 6.45) is -4.22. The van der Waals surface area contributed by atoms with Crippen LogP contribution < -0.4 is 4.90 Å². The van der Waals surface area contributed by atoms with Crippen molar-refractivity contribution in [3.63, 3.8) is 0 Å². The molecule has 1 heterocycles. The van der Waals surface area contributed by atoms with E-state index in [0.717, 1.165) is 0 Å². The van der Waals surface area contributed by atoms with Crippen molar-refractivity contribution in [2.45, 2.75) is 18.5 Å². The van der Waals surface area contributed by atoms with E-state index in [1.807, 2.05) is 0 Å². The van der Waals surface area contributed by atoms with E-state index in [1.165, 1.54) is 17.0 Å². The second kappa shape index (κ2) is 4.96. The summed E-state index contributed by atoms with van der Waals surface area (Å²) in [6, 6.07) is 4.38. The van der Waals surface area contributed by atoms with Gasteiger partial charge in [0.2, 0.25) is 0 Å². The van der Waals surface area contributed by atoms with Crippen molar-refractivity contribution in [1.82, 2.24) is 0 Å². The number of benzene rings is 1. The molecule has 0 amide bonds. The van der Waals surface area contributed by atoms with Crippen LogP contribution in [0.3, 0.4) is 0 Å². The molecule has 0 N–H and O–H groups in total. The zero-order valence-corrected chi connectivity index (χ0v) is 10.2. The molecule has 6 heteroatoms. The number of hydrogen-bond donors (Lipinski definition) is 0. The monoisotopic (exact) mass is 281 g/mol. The van der Waals surface area contributed by atoms with Crippen LogP contribution in [-0.2, 0) is 5.88 Å². The lowest BCUT2D eigenvalue weighted by Crippen LogP contribution is -2.28. The largest absolute Gasteiger partial charge is 0.393 e. The average molecular weight is 282 g/mol. The minimum Gasteiger partial charge on any atom is -0.368 e. The molecule has 1 fully saturated rings. The summed E-state index contributed by atoms with van der Waals surface area (Å²) in [6.45, 7) is 0.00329.